The summed E-state index contributed by atoms with van der Waals surface area (Å²) in [7, 11) is 0. The van der Waals surface area contributed by atoms with E-state index in [2.05, 4.69) is 31.0 Å². The smallest absolute Gasteiger partial charge is 0.0197 e. The van der Waals surface area contributed by atoms with Gasteiger partial charge in [-0.05, 0) is 45.2 Å². The molecule has 0 radical (unpaired) electrons. The molecular weight excluding hydrogens is 244 g/mol. The molecule has 2 aliphatic rings. The predicted octanol–water partition coefficient (Wildman–Crippen LogP) is 4.06. The minimum Gasteiger partial charge on any atom is -0.316 e. The van der Waals surface area contributed by atoms with E-state index in [1.54, 1.807) is 0 Å². The highest BCUT2D eigenvalue weighted by molar-refractivity contribution is 5.04. The van der Waals surface area contributed by atoms with E-state index in [0.29, 0.717) is 5.54 Å². The van der Waals surface area contributed by atoms with Gasteiger partial charge in [-0.3, -0.25) is 4.90 Å². The van der Waals surface area contributed by atoms with Gasteiger partial charge in [-0.1, -0.05) is 51.9 Å². The average Bonchev–Trinajstić information content (AvgIpc) is 2.96. The van der Waals surface area contributed by atoms with Crippen molar-refractivity contribution in [2.24, 2.45) is 11.8 Å². The third-order valence-electron chi connectivity index (χ3n) is 5.80. The van der Waals surface area contributed by atoms with Gasteiger partial charge in [0.15, 0.2) is 0 Å². The van der Waals surface area contributed by atoms with Crippen molar-refractivity contribution < 1.29 is 0 Å². The Hall–Kier alpha value is -0.0800. The van der Waals surface area contributed by atoms with Gasteiger partial charge < -0.3 is 5.32 Å². The molecular formula is C18H36N2. The maximum atomic E-state index is 3.57. The van der Waals surface area contributed by atoms with Gasteiger partial charge in [0, 0.05) is 18.6 Å². The summed E-state index contributed by atoms with van der Waals surface area (Å²) >= 11 is 0. The van der Waals surface area contributed by atoms with E-state index in [1.165, 1.54) is 77.5 Å². The molecule has 2 rings (SSSR count). The maximum Gasteiger partial charge on any atom is 0.0197 e. The SMILES string of the molecule is CCCCCCCCCCN1CC2CNCC2C1(C)C. The first-order valence-corrected chi connectivity index (χ1v) is 9.12. The first-order chi connectivity index (χ1) is 9.66. The van der Waals surface area contributed by atoms with E-state index in [4.69, 9.17) is 0 Å². The van der Waals surface area contributed by atoms with Gasteiger partial charge in [-0.2, -0.15) is 0 Å². The highest BCUT2D eigenvalue weighted by Gasteiger charge is 2.48. The quantitative estimate of drug-likeness (QED) is 0.641. The third-order valence-corrected chi connectivity index (χ3v) is 5.80. The van der Waals surface area contributed by atoms with E-state index in [1.807, 2.05) is 0 Å². The zero-order chi connectivity index (χ0) is 14.4. The van der Waals surface area contributed by atoms with Crippen LogP contribution < -0.4 is 5.32 Å². The molecule has 2 nitrogen and oxygen atoms in total. The highest BCUT2D eigenvalue weighted by atomic mass is 15.2. The number of fused-ring (bicyclic) bond motifs is 1. The first-order valence-electron chi connectivity index (χ1n) is 9.12. The fourth-order valence-corrected chi connectivity index (χ4v) is 4.32. The highest BCUT2D eigenvalue weighted by Crippen LogP contribution is 2.40. The summed E-state index contributed by atoms with van der Waals surface area (Å²) < 4.78 is 0. The Kier molecular flexibility index (Phi) is 6.35. The fraction of sp³-hybridized carbons (Fsp3) is 1.00. The Morgan fingerprint density at radius 3 is 2.25 bits per heavy atom. The van der Waals surface area contributed by atoms with Crippen LogP contribution in [0.1, 0.15) is 72.1 Å². The second-order valence-electron chi connectivity index (χ2n) is 7.60. The Morgan fingerprint density at radius 1 is 0.950 bits per heavy atom. The van der Waals surface area contributed by atoms with Crippen LogP contribution in [0.2, 0.25) is 0 Å². The molecule has 118 valence electrons. The van der Waals surface area contributed by atoms with Crippen LogP contribution >= 0.6 is 0 Å². The molecule has 0 saturated carbocycles. The average molecular weight is 280 g/mol. The zero-order valence-corrected chi connectivity index (χ0v) is 14.1. The Bertz CT molecular complexity index is 275. The molecule has 0 bridgehead atoms. The van der Waals surface area contributed by atoms with Crippen LogP contribution in [0.4, 0.5) is 0 Å². The van der Waals surface area contributed by atoms with Crippen LogP contribution in [0.3, 0.4) is 0 Å². The molecule has 2 fully saturated rings. The predicted molar refractivity (Wildman–Crippen MR) is 88.1 cm³/mol. The molecule has 0 aromatic rings. The molecule has 2 heterocycles. The van der Waals surface area contributed by atoms with E-state index < -0.39 is 0 Å². The van der Waals surface area contributed by atoms with Crippen molar-refractivity contribution in [2.45, 2.75) is 77.7 Å². The number of hydrogen-bond donors (Lipinski definition) is 1. The summed E-state index contributed by atoms with van der Waals surface area (Å²) in [6.45, 7) is 12.4. The van der Waals surface area contributed by atoms with Crippen molar-refractivity contribution in [2.75, 3.05) is 26.2 Å². The van der Waals surface area contributed by atoms with Crippen LogP contribution in [0.15, 0.2) is 0 Å². The molecule has 2 saturated heterocycles. The van der Waals surface area contributed by atoms with Crippen molar-refractivity contribution in [3.63, 3.8) is 0 Å². The van der Waals surface area contributed by atoms with Crippen molar-refractivity contribution in [1.29, 1.82) is 0 Å². The molecule has 2 unspecified atom stereocenters. The molecule has 0 aliphatic carbocycles. The zero-order valence-electron chi connectivity index (χ0n) is 14.1. The van der Waals surface area contributed by atoms with E-state index >= 15 is 0 Å². The number of hydrogen-bond acceptors (Lipinski definition) is 2. The third kappa shape index (κ3) is 3.98. The summed E-state index contributed by atoms with van der Waals surface area (Å²) in [4.78, 5) is 2.78. The topological polar surface area (TPSA) is 15.3 Å². The summed E-state index contributed by atoms with van der Waals surface area (Å²) in [6, 6.07) is 0. The second kappa shape index (κ2) is 7.79. The molecule has 0 aromatic heterocycles. The Balaban J connectivity index is 1.56. The maximum absolute atomic E-state index is 3.57. The lowest BCUT2D eigenvalue weighted by atomic mass is 9.85. The van der Waals surface area contributed by atoms with Crippen molar-refractivity contribution in [1.82, 2.24) is 10.2 Å². The molecule has 0 aromatic carbocycles. The molecule has 0 spiro atoms. The molecule has 2 heteroatoms. The van der Waals surface area contributed by atoms with Gasteiger partial charge in [0.05, 0.1) is 0 Å². The molecule has 2 atom stereocenters. The van der Waals surface area contributed by atoms with Crippen LogP contribution in [0, 0.1) is 11.8 Å². The monoisotopic (exact) mass is 280 g/mol. The van der Waals surface area contributed by atoms with Gasteiger partial charge in [-0.25, -0.2) is 0 Å². The molecule has 20 heavy (non-hydrogen) atoms. The lowest BCUT2D eigenvalue weighted by molar-refractivity contribution is 0.137. The summed E-state index contributed by atoms with van der Waals surface area (Å²) in [6.07, 6.45) is 11.5. The van der Waals surface area contributed by atoms with Gasteiger partial charge in [0.2, 0.25) is 0 Å². The van der Waals surface area contributed by atoms with Gasteiger partial charge in [0.1, 0.15) is 0 Å². The van der Waals surface area contributed by atoms with Crippen LogP contribution in [-0.2, 0) is 0 Å². The summed E-state index contributed by atoms with van der Waals surface area (Å²) in [5.41, 5.74) is 0.426. The normalized spacial score (nSPS) is 28.9. The number of unbranched alkanes of at least 4 members (excludes halogenated alkanes) is 7. The van der Waals surface area contributed by atoms with Crippen LogP contribution in [0.25, 0.3) is 0 Å². The van der Waals surface area contributed by atoms with Gasteiger partial charge >= 0.3 is 0 Å². The van der Waals surface area contributed by atoms with E-state index in [9.17, 15) is 0 Å². The summed E-state index contributed by atoms with van der Waals surface area (Å²) in [5.74, 6) is 1.80. The lowest BCUT2D eigenvalue weighted by Crippen LogP contribution is -2.44. The van der Waals surface area contributed by atoms with Crippen molar-refractivity contribution in [3.05, 3.63) is 0 Å². The molecule has 2 aliphatic heterocycles. The van der Waals surface area contributed by atoms with E-state index in [0.717, 1.165) is 11.8 Å². The standard InChI is InChI=1S/C18H36N2/c1-4-5-6-7-8-9-10-11-12-20-15-16-13-19-14-17(16)18(20,2)3/h16-17,19H,4-15H2,1-3H3. The molecule has 0 amide bonds. The van der Waals surface area contributed by atoms with Crippen molar-refractivity contribution >= 4 is 0 Å². The first kappa shape index (κ1) is 16.3. The Labute approximate surface area is 126 Å². The van der Waals surface area contributed by atoms with Crippen LogP contribution in [0.5, 0.6) is 0 Å². The van der Waals surface area contributed by atoms with Gasteiger partial charge in [0.25, 0.3) is 0 Å². The minimum absolute atomic E-state index is 0.426. The number of nitrogens with zero attached hydrogens (tertiary/aromatic N) is 1. The fourth-order valence-electron chi connectivity index (χ4n) is 4.32. The van der Waals surface area contributed by atoms with Gasteiger partial charge in [-0.15, -0.1) is 0 Å². The summed E-state index contributed by atoms with van der Waals surface area (Å²) in [5, 5.41) is 3.57. The number of nitrogens with one attached hydrogen (secondary N) is 1. The minimum atomic E-state index is 0.426. The lowest BCUT2D eigenvalue weighted by Gasteiger charge is -2.35. The number of likely N-dealkylation sites (tertiary alicyclic amines) is 1. The van der Waals surface area contributed by atoms with Crippen molar-refractivity contribution in [3.8, 4) is 0 Å². The Morgan fingerprint density at radius 2 is 1.60 bits per heavy atom. The van der Waals surface area contributed by atoms with Crippen LogP contribution in [-0.4, -0.2) is 36.6 Å². The number of rotatable bonds is 9. The molecule has 1 N–H and O–H groups in total. The van der Waals surface area contributed by atoms with E-state index in [-0.39, 0.29) is 0 Å². The largest absolute Gasteiger partial charge is 0.316 e. The second-order valence-corrected chi connectivity index (χ2v) is 7.60.